The van der Waals surface area contributed by atoms with Crippen molar-refractivity contribution in [2.24, 2.45) is 5.73 Å². The maximum absolute atomic E-state index is 12.1. The van der Waals surface area contributed by atoms with Gasteiger partial charge in [-0.25, -0.2) is 9.78 Å². The van der Waals surface area contributed by atoms with E-state index in [1.165, 1.54) is 11.3 Å². The number of aromatic nitrogens is 1. The van der Waals surface area contributed by atoms with Crippen LogP contribution in [0.2, 0.25) is 0 Å². The Hall–Kier alpha value is -3.19. The zero-order chi connectivity index (χ0) is 18.4. The van der Waals surface area contributed by atoms with Crippen molar-refractivity contribution in [3.05, 3.63) is 71.2 Å². The molecule has 0 aliphatic carbocycles. The summed E-state index contributed by atoms with van der Waals surface area (Å²) in [5.41, 5.74) is 7.12. The van der Waals surface area contributed by atoms with Crippen molar-refractivity contribution >= 4 is 23.2 Å². The van der Waals surface area contributed by atoms with E-state index in [0.29, 0.717) is 17.0 Å². The molecule has 26 heavy (non-hydrogen) atoms. The number of hydrogen-bond donors (Lipinski definition) is 1. The van der Waals surface area contributed by atoms with Crippen LogP contribution in [0.1, 0.15) is 16.1 Å². The first-order valence-electron chi connectivity index (χ1n) is 7.80. The Balaban J connectivity index is 1.55. The molecule has 3 aromatic rings. The zero-order valence-electron chi connectivity index (χ0n) is 13.8. The van der Waals surface area contributed by atoms with Gasteiger partial charge in [0, 0.05) is 10.9 Å². The summed E-state index contributed by atoms with van der Waals surface area (Å²) in [6, 6.07) is 16.1. The van der Waals surface area contributed by atoms with Gasteiger partial charge in [0.25, 0.3) is 5.91 Å². The summed E-state index contributed by atoms with van der Waals surface area (Å²) in [7, 11) is 0. The number of esters is 1. The molecule has 1 heterocycles. The SMILES string of the molecule is NC(=O)COc1ccc(C(=O)OCc2csc(-c3ccccc3)n2)cc1. The molecule has 7 heteroatoms. The zero-order valence-corrected chi connectivity index (χ0v) is 14.6. The van der Waals surface area contributed by atoms with Crippen molar-refractivity contribution < 1.29 is 19.1 Å². The highest BCUT2D eigenvalue weighted by molar-refractivity contribution is 7.13. The van der Waals surface area contributed by atoms with Gasteiger partial charge >= 0.3 is 5.97 Å². The van der Waals surface area contributed by atoms with Crippen molar-refractivity contribution in [2.45, 2.75) is 6.61 Å². The second kappa shape index (κ2) is 8.26. The van der Waals surface area contributed by atoms with Gasteiger partial charge in [-0.15, -0.1) is 11.3 Å². The topological polar surface area (TPSA) is 91.5 Å². The molecule has 0 aliphatic rings. The van der Waals surface area contributed by atoms with Gasteiger partial charge in [-0.05, 0) is 24.3 Å². The molecule has 0 atom stereocenters. The lowest BCUT2D eigenvalue weighted by Crippen LogP contribution is -2.20. The van der Waals surface area contributed by atoms with Crippen LogP contribution >= 0.6 is 11.3 Å². The molecule has 1 aromatic heterocycles. The molecule has 0 saturated heterocycles. The number of benzene rings is 2. The van der Waals surface area contributed by atoms with Crippen LogP contribution < -0.4 is 10.5 Å². The lowest BCUT2D eigenvalue weighted by Gasteiger charge is -2.05. The van der Waals surface area contributed by atoms with Crippen LogP contribution in [0.4, 0.5) is 0 Å². The Kier molecular flexibility index (Phi) is 5.60. The van der Waals surface area contributed by atoms with E-state index in [9.17, 15) is 9.59 Å². The molecule has 0 aliphatic heterocycles. The van der Waals surface area contributed by atoms with Crippen molar-refractivity contribution in [1.29, 1.82) is 0 Å². The van der Waals surface area contributed by atoms with Gasteiger partial charge in [-0.1, -0.05) is 30.3 Å². The number of rotatable bonds is 7. The third kappa shape index (κ3) is 4.67. The molecule has 0 saturated carbocycles. The Bertz CT molecular complexity index is 891. The van der Waals surface area contributed by atoms with Gasteiger partial charge in [0.05, 0.1) is 11.3 Å². The van der Waals surface area contributed by atoms with Gasteiger partial charge in [-0.3, -0.25) is 4.79 Å². The van der Waals surface area contributed by atoms with Gasteiger partial charge < -0.3 is 15.2 Å². The summed E-state index contributed by atoms with van der Waals surface area (Å²) in [6.45, 7) is -0.112. The second-order valence-electron chi connectivity index (χ2n) is 5.37. The summed E-state index contributed by atoms with van der Waals surface area (Å²) < 4.78 is 10.4. The maximum atomic E-state index is 12.1. The standard InChI is InChI=1S/C19H16N2O4S/c20-17(22)11-24-16-8-6-14(7-9-16)19(23)25-10-15-12-26-18(21-15)13-4-2-1-3-5-13/h1-9,12H,10-11H2,(H2,20,22). The fourth-order valence-corrected chi connectivity index (χ4v) is 2.96. The van der Waals surface area contributed by atoms with Crippen molar-refractivity contribution in [3.8, 4) is 16.3 Å². The molecule has 0 fully saturated rings. The summed E-state index contributed by atoms with van der Waals surface area (Å²) in [4.78, 5) is 27.3. The molecule has 3 rings (SSSR count). The number of carbonyl (C=O) groups excluding carboxylic acids is 2. The summed E-state index contributed by atoms with van der Waals surface area (Å²) in [5.74, 6) is -0.570. The largest absolute Gasteiger partial charge is 0.484 e. The molecule has 6 nitrogen and oxygen atoms in total. The molecule has 0 spiro atoms. The van der Waals surface area contributed by atoms with Crippen LogP contribution in [0.3, 0.4) is 0 Å². The minimum absolute atomic E-state index is 0.0993. The maximum Gasteiger partial charge on any atom is 0.338 e. The molecule has 0 bridgehead atoms. The van der Waals surface area contributed by atoms with Crippen LogP contribution in [0.5, 0.6) is 5.75 Å². The fraction of sp³-hybridized carbons (Fsp3) is 0.105. The molecule has 2 N–H and O–H groups in total. The van der Waals surface area contributed by atoms with Crippen LogP contribution in [0.15, 0.2) is 60.0 Å². The van der Waals surface area contributed by atoms with Gasteiger partial charge in [0.15, 0.2) is 6.61 Å². The predicted octanol–water partition coefficient (Wildman–Crippen LogP) is 3.03. The van der Waals surface area contributed by atoms with E-state index in [4.69, 9.17) is 15.2 Å². The summed E-state index contributed by atoms with van der Waals surface area (Å²) in [6.07, 6.45) is 0. The number of ether oxygens (including phenoxy) is 2. The molecule has 132 valence electrons. The summed E-state index contributed by atoms with van der Waals surface area (Å²) >= 11 is 1.50. The number of hydrogen-bond acceptors (Lipinski definition) is 6. The number of thiazole rings is 1. The van der Waals surface area contributed by atoms with E-state index in [1.54, 1.807) is 24.3 Å². The number of nitrogens with two attached hydrogens (primary N) is 1. The highest BCUT2D eigenvalue weighted by Gasteiger charge is 2.10. The van der Waals surface area contributed by atoms with Crippen LogP contribution in [0.25, 0.3) is 10.6 Å². The molecule has 0 radical (unpaired) electrons. The Morgan fingerprint density at radius 2 is 1.77 bits per heavy atom. The predicted molar refractivity (Wildman–Crippen MR) is 97.8 cm³/mol. The van der Waals surface area contributed by atoms with E-state index < -0.39 is 11.9 Å². The van der Waals surface area contributed by atoms with E-state index in [-0.39, 0.29) is 13.2 Å². The van der Waals surface area contributed by atoms with Crippen LogP contribution in [-0.2, 0) is 16.1 Å². The average molecular weight is 368 g/mol. The average Bonchev–Trinajstić information content (AvgIpc) is 3.14. The van der Waals surface area contributed by atoms with Crippen LogP contribution in [0, 0.1) is 0 Å². The second-order valence-corrected chi connectivity index (χ2v) is 6.22. The lowest BCUT2D eigenvalue weighted by molar-refractivity contribution is -0.119. The third-order valence-corrected chi connectivity index (χ3v) is 4.33. The number of primary amides is 1. The first-order chi connectivity index (χ1) is 12.6. The Labute approximate surface area is 154 Å². The number of amides is 1. The number of carbonyl (C=O) groups is 2. The van der Waals surface area contributed by atoms with E-state index in [2.05, 4.69) is 4.98 Å². The van der Waals surface area contributed by atoms with Gasteiger partial charge in [-0.2, -0.15) is 0 Å². The van der Waals surface area contributed by atoms with Crippen molar-refractivity contribution in [1.82, 2.24) is 4.98 Å². The van der Waals surface area contributed by atoms with E-state index >= 15 is 0 Å². The number of nitrogens with zero attached hydrogens (tertiary/aromatic N) is 1. The van der Waals surface area contributed by atoms with Gasteiger partial charge in [0.1, 0.15) is 17.4 Å². The summed E-state index contributed by atoms with van der Waals surface area (Å²) in [5, 5.41) is 2.75. The monoisotopic (exact) mass is 368 g/mol. The van der Waals surface area contributed by atoms with Gasteiger partial charge in [0.2, 0.25) is 0 Å². The lowest BCUT2D eigenvalue weighted by atomic mass is 10.2. The van der Waals surface area contributed by atoms with E-state index in [1.807, 2.05) is 35.7 Å². The third-order valence-electron chi connectivity index (χ3n) is 3.39. The quantitative estimate of drug-likeness (QED) is 0.647. The molecular formula is C19H16N2O4S. The molecule has 1 amide bonds. The van der Waals surface area contributed by atoms with Crippen molar-refractivity contribution in [3.63, 3.8) is 0 Å². The van der Waals surface area contributed by atoms with Crippen molar-refractivity contribution in [2.75, 3.05) is 6.61 Å². The Morgan fingerprint density at radius 1 is 1.04 bits per heavy atom. The Morgan fingerprint density at radius 3 is 2.46 bits per heavy atom. The smallest absolute Gasteiger partial charge is 0.338 e. The minimum atomic E-state index is -0.563. The first kappa shape index (κ1) is 17.6. The highest BCUT2D eigenvalue weighted by Crippen LogP contribution is 2.23. The first-order valence-corrected chi connectivity index (χ1v) is 8.68. The molecule has 2 aromatic carbocycles. The minimum Gasteiger partial charge on any atom is -0.484 e. The van der Waals surface area contributed by atoms with Crippen LogP contribution in [-0.4, -0.2) is 23.5 Å². The highest BCUT2D eigenvalue weighted by atomic mass is 32.1. The fourth-order valence-electron chi connectivity index (χ4n) is 2.15. The normalized spacial score (nSPS) is 10.3. The molecule has 0 unspecified atom stereocenters. The molecular weight excluding hydrogens is 352 g/mol. The van der Waals surface area contributed by atoms with E-state index in [0.717, 1.165) is 10.6 Å².